The molecule has 1 atom stereocenters. The second-order valence-corrected chi connectivity index (χ2v) is 7.78. The fraction of sp³-hybridized carbons (Fsp3) is 0.571. The predicted octanol–water partition coefficient (Wildman–Crippen LogP) is 2.29. The molecular weight excluding hydrogens is 260 g/mol. The van der Waals surface area contributed by atoms with Gasteiger partial charge in [-0.2, -0.15) is 0 Å². The molecule has 0 spiro atoms. The Morgan fingerprint density at radius 2 is 1.95 bits per heavy atom. The predicted molar refractivity (Wildman–Crippen MR) is 77.7 cm³/mol. The lowest BCUT2D eigenvalue weighted by atomic mass is 10.1. The van der Waals surface area contributed by atoms with Gasteiger partial charge in [-0.05, 0) is 49.9 Å². The van der Waals surface area contributed by atoms with Gasteiger partial charge in [-0.3, -0.25) is 4.31 Å². The zero-order valence-corrected chi connectivity index (χ0v) is 12.0. The van der Waals surface area contributed by atoms with Crippen molar-refractivity contribution in [2.24, 2.45) is 0 Å². The van der Waals surface area contributed by atoms with Gasteiger partial charge in [0.1, 0.15) is 0 Å². The van der Waals surface area contributed by atoms with Crippen molar-refractivity contribution in [1.29, 1.82) is 0 Å². The molecule has 1 aliphatic carbocycles. The summed E-state index contributed by atoms with van der Waals surface area (Å²) in [6.45, 7) is 1.97. The lowest BCUT2D eigenvalue weighted by molar-refractivity contribution is 0.568. The maximum Gasteiger partial charge on any atom is 0.238 e. The van der Waals surface area contributed by atoms with Gasteiger partial charge in [-0.15, -0.1) is 0 Å². The van der Waals surface area contributed by atoms with Crippen LogP contribution in [0.2, 0.25) is 0 Å². The van der Waals surface area contributed by atoms with E-state index in [1.54, 1.807) is 10.4 Å². The lowest BCUT2D eigenvalue weighted by Gasteiger charge is -2.27. The van der Waals surface area contributed by atoms with Gasteiger partial charge in [-0.25, -0.2) is 8.42 Å². The van der Waals surface area contributed by atoms with Gasteiger partial charge in [0, 0.05) is 11.7 Å². The molecule has 5 heteroatoms. The topological polar surface area (TPSA) is 63.4 Å². The van der Waals surface area contributed by atoms with Crippen molar-refractivity contribution in [3.63, 3.8) is 0 Å². The maximum absolute atomic E-state index is 12.8. The Bertz CT molecular complexity index is 591. The van der Waals surface area contributed by atoms with Crippen LogP contribution in [0, 0.1) is 0 Å². The van der Waals surface area contributed by atoms with E-state index < -0.39 is 10.0 Å². The minimum Gasteiger partial charge on any atom is -0.399 e. The fourth-order valence-corrected chi connectivity index (χ4v) is 5.64. The summed E-state index contributed by atoms with van der Waals surface area (Å²) in [6, 6.07) is 5.53. The van der Waals surface area contributed by atoms with Crippen molar-refractivity contribution in [3.05, 3.63) is 23.8 Å². The van der Waals surface area contributed by atoms with Crippen LogP contribution in [0.15, 0.2) is 18.2 Å². The number of hydrogen-bond donors (Lipinski definition) is 1. The SMILES string of the molecule is CC1Cc2cc(N)ccc2N1S(=O)(=O)C1CCCC1. The maximum atomic E-state index is 12.8. The molecule has 1 unspecified atom stereocenters. The second-order valence-electron chi connectivity index (χ2n) is 5.69. The van der Waals surface area contributed by atoms with E-state index in [0.29, 0.717) is 5.69 Å². The lowest BCUT2D eigenvalue weighted by Crippen LogP contribution is -2.41. The summed E-state index contributed by atoms with van der Waals surface area (Å²) in [7, 11) is -3.22. The molecule has 3 rings (SSSR count). The van der Waals surface area contributed by atoms with Crippen molar-refractivity contribution >= 4 is 21.4 Å². The van der Waals surface area contributed by atoms with Crippen molar-refractivity contribution < 1.29 is 8.42 Å². The largest absolute Gasteiger partial charge is 0.399 e. The number of hydrogen-bond acceptors (Lipinski definition) is 3. The Morgan fingerprint density at radius 1 is 1.26 bits per heavy atom. The molecule has 2 aliphatic rings. The average Bonchev–Trinajstić information content (AvgIpc) is 2.94. The van der Waals surface area contributed by atoms with Crippen molar-refractivity contribution in [1.82, 2.24) is 0 Å². The van der Waals surface area contributed by atoms with Gasteiger partial charge in [0.2, 0.25) is 10.0 Å². The van der Waals surface area contributed by atoms with E-state index in [9.17, 15) is 8.42 Å². The summed E-state index contributed by atoms with van der Waals surface area (Å²) in [5, 5.41) is -0.196. The molecule has 0 amide bonds. The molecule has 1 aliphatic heterocycles. The number of benzene rings is 1. The Labute approximate surface area is 114 Å². The zero-order valence-electron chi connectivity index (χ0n) is 11.2. The third-order valence-corrected chi connectivity index (χ3v) is 6.67. The monoisotopic (exact) mass is 280 g/mol. The molecule has 0 bridgehead atoms. The summed E-state index contributed by atoms with van der Waals surface area (Å²) in [6.07, 6.45) is 4.42. The van der Waals surface area contributed by atoms with Gasteiger partial charge in [0.15, 0.2) is 0 Å². The molecule has 0 saturated heterocycles. The molecule has 4 nitrogen and oxygen atoms in total. The Kier molecular flexibility index (Phi) is 2.96. The van der Waals surface area contributed by atoms with Crippen LogP contribution >= 0.6 is 0 Å². The first kappa shape index (κ1) is 12.8. The van der Waals surface area contributed by atoms with Gasteiger partial charge < -0.3 is 5.73 Å². The molecule has 1 aromatic carbocycles. The first-order valence-corrected chi connectivity index (χ1v) is 8.42. The molecule has 1 saturated carbocycles. The van der Waals surface area contributed by atoms with Crippen LogP contribution in [0.4, 0.5) is 11.4 Å². The summed E-state index contributed by atoms with van der Waals surface area (Å²) >= 11 is 0. The van der Waals surface area contributed by atoms with E-state index in [-0.39, 0.29) is 11.3 Å². The van der Waals surface area contributed by atoms with E-state index in [2.05, 4.69) is 0 Å². The number of nitrogen functional groups attached to an aromatic ring is 1. The Hall–Kier alpha value is -1.23. The van der Waals surface area contributed by atoms with Crippen LogP contribution in [0.5, 0.6) is 0 Å². The highest BCUT2D eigenvalue weighted by Crippen LogP contribution is 2.39. The van der Waals surface area contributed by atoms with Crippen molar-refractivity contribution in [2.45, 2.75) is 50.3 Å². The molecular formula is C14H20N2O2S. The minimum atomic E-state index is -3.22. The van der Waals surface area contributed by atoms with Crippen LogP contribution in [0.3, 0.4) is 0 Å². The van der Waals surface area contributed by atoms with Crippen molar-refractivity contribution in [2.75, 3.05) is 10.0 Å². The van der Waals surface area contributed by atoms with E-state index in [0.717, 1.165) is 43.4 Å². The Morgan fingerprint density at radius 3 is 2.63 bits per heavy atom. The second kappa shape index (κ2) is 4.40. The number of rotatable bonds is 2. The quantitative estimate of drug-likeness (QED) is 0.845. The average molecular weight is 280 g/mol. The number of sulfonamides is 1. The van der Waals surface area contributed by atoms with E-state index in [4.69, 9.17) is 5.73 Å². The normalized spacial score (nSPS) is 23.8. The van der Waals surface area contributed by atoms with Gasteiger partial charge in [0.05, 0.1) is 10.9 Å². The fourth-order valence-electron chi connectivity index (χ4n) is 3.36. The standard InChI is InChI=1S/C14H20N2O2S/c1-10-8-11-9-12(15)6-7-14(11)16(10)19(17,18)13-4-2-3-5-13/h6-7,9-10,13H,2-5,8,15H2,1H3. The number of fused-ring (bicyclic) bond motifs is 1. The highest BCUT2D eigenvalue weighted by atomic mass is 32.2. The van der Waals surface area contributed by atoms with Crippen LogP contribution in [-0.4, -0.2) is 19.7 Å². The van der Waals surface area contributed by atoms with E-state index >= 15 is 0 Å². The van der Waals surface area contributed by atoms with Crippen LogP contribution < -0.4 is 10.0 Å². The molecule has 0 radical (unpaired) electrons. The number of anilines is 2. The smallest absolute Gasteiger partial charge is 0.238 e. The molecule has 0 aromatic heterocycles. The molecule has 1 aromatic rings. The zero-order chi connectivity index (χ0) is 13.6. The van der Waals surface area contributed by atoms with Gasteiger partial charge >= 0.3 is 0 Å². The molecule has 19 heavy (non-hydrogen) atoms. The van der Waals surface area contributed by atoms with Crippen LogP contribution in [-0.2, 0) is 16.4 Å². The summed E-state index contributed by atoms with van der Waals surface area (Å²) in [5.41, 5.74) is 8.36. The van der Waals surface area contributed by atoms with Gasteiger partial charge in [0.25, 0.3) is 0 Å². The van der Waals surface area contributed by atoms with Crippen LogP contribution in [0.25, 0.3) is 0 Å². The van der Waals surface area contributed by atoms with E-state index in [1.807, 2.05) is 19.1 Å². The van der Waals surface area contributed by atoms with Crippen molar-refractivity contribution in [3.8, 4) is 0 Å². The number of nitrogens with two attached hydrogens (primary N) is 1. The highest BCUT2D eigenvalue weighted by molar-refractivity contribution is 7.93. The molecule has 1 heterocycles. The first-order chi connectivity index (χ1) is 9.00. The minimum absolute atomic E-state index is 0.00222. The Balaban J connectivity index is 2.02. The van der Waals surface area contributed by atoms with E-state index in [1.165, 1.54) is 0 Å². The van der Waals surface area contributed by atoms with Crippen LogP contribution in [0.1, 0.15) is 38.2 Å². The third kappa shape index (κ3) is 2.00. The third-order valence-electron chi connectivity index (χ3n) is 4.25. The van der Waals surface area contributed by atoms with Gasteiger partial charge in [-0.1, -0.05) is 12.8 Å². The molecule has 104 valence electrons. The molecule has 2 N–H and O–H groups in total. The summed E-state index contributed by atoms with van der Waals surface area (Å²) < 4.78 is 27.2. The first-order valence-electron chi connectivity index (χ1n) is 6.92. The molecule has 1 fully saturated rings. The number of nitrogens with zero attached hydrogens (tertiary/aromatic N) is 1. The summed E-state index contributed by atoms with van der Waals surface area (Å²) in [4.78, 5) is 0. The summed E-state index contributed by atoms with van der Waals surface area (Å²) in [5.74, 6) is 0. The highest BCUT2D eigenvalue weighted by Gasteiger charge is 2.40.